The molecule has 0 aromatic heterocycles. The average Bonchev–Trinajstić information content (AvgIpc) is 2.37. The van der Waals surface area contributed by atoms with Crippen LogP contribution in [0.5, 0.6) is 5.75 Å². The number of hydrogen-bond donors (Lipinski definition) is 1. The molecule has 2 rings (SSSR count). The van der Waals surface area contributed by atoms with E-state index >= 15 is 0 Å². The molecule has 0 fully saturated rings. The molecule has 1 N–H and O–H groups in total. The van der Waals surface area contributed by atoms with Crippen molar-refractivity contribution in [2.24, 2.45) is 0 Å². The molecule has 2 nitrogen and oxygen atoms in total. The third kappa shape index (κ3) is 4.56. The summed E-state index contributed by atoms with van der Waals surface area (Å²) in [6.07, 6.45) is 1.02. The Kier molecular flexibility index (Phi) is 4.43. The van der Waals surface area contributed by atoms with Gasteiger partial charge in [-0.2, -0.15) is 0 Å². The minimum atomic E-state index is 0.183. The lowest BCUT2D eigenvalue weighted by Crippen LogP contribution is -2.36. The predicted octanol–water partition coefficient (Wildman–Crippen LogP) is 4.00. The summed E-state index contributed by atoms with van der Waals surface area (Å²) in [6.45, 7) is 8.27. The number of ether oxygens (including phenoxy) is 1. The first-order chi connectivity index (χ1) is 9.04. The van der Waals surface area contributed by atoms with Crippen LogP contribution in [0.1, 0.15) is 27.2 Å². The lowest BCUT2D eigenvalue weighted by molar-refractivity contribution is 0.298. The van der Waals surface area contributed by atoms with Gasteiger partial charge in [-0.25, -0.2) is 0 Å². The first-order valence-corrected chi connectivity index (χ1v) is 6.91. The zero-order valence-corrected chi connectivity index (χ0v) is 12.1. The number of benzene rings is 2. The highest BCUT2D eigenvalue weighted by molar-refractivity contribution is 5.83. The maximum atomic E-state index is 5.79. The topological polar surface area (TPSA) is 21.3 Å². The molecule has 0 radical (unpaired) electrons. The van der Waals surface area contributed by atoms with Crippen molar-refractivity contribution in [2.45, 2.75) is 32.7 Å². The van der Waals surface area contributed by atoms with E-state index in [-0.39, 0.29) is 5.54 Å². The van der Waals surface area contributed by atoms with Crippen molar-refractivity contribution in [3.63, 3.8) is 0 Å². The van der Waals surface area contributed by atoms with E-state index < -0.39 is 0 Å². The highest BCUT2D eigenvalue weighted by Crippen LogP contribution is 2.20. The van der Waals surface area contributed by atoms with Gasteiger partial charge in [0.15, 0.2) is 0 Å². The number of fused-ring (bicyclic) bond motifs is 1. The van der Waals surface area contributed by atoms with E-state index in [0.29, 0.717) is 0 Å². The summed E-state index contributed by atoms with van der Waals surface area (Å²) in [5.74, 6) is 0.953. The van der Waals surface area contributed by atoms with Crippen molar-refractivity contribution < 1.29 is 4.74 Å². The fourth-order valence-electron chi connectivity index (χ4n) is 1.98. The molecule has 0 aliphatic carbocycles. The molecule has 0 aliphatic heterocycles. The second kappa shape index (κ2) is 6.07. The molecule has 0 saturated heterocycles. The minimum absolute atomic E-state index is 0.183. The quantitative estimate of drug-likeness (QED) is 0.818. The molecule has 0 unspecified atom stereocenters. The molecule has 2 heteroatoms. The predicted molar refractivity (Wildman–Crippen MR) is 81.8 cm³/mol. The van der Waals surface area contributed by atoms with Gasteiger partial charge in [-0.15, -0.1) is 0 Å². The van der Waals surface area contributed by atoms with E-state index in [4.69, 9.17) is 4.74 Å². The Bertz CT molecular complexity index is 528. The highest BCUT2D eigenvalue weighted by atomic mass is 16.5. The van der Waals surface area contributed by atoms with Crippen LogP contribution in [0.2, 0.25) is 0 Å². The summed E-state index contributed by atoms with van der Waals surface area (Å²) >= 11 is 0. The van der Waals surface area contributed by atoms with E-state index in [0.717, 1.165) is 25.3 Å². The Balaban J connectivity index is 1.82. The average molecular weight is 257 g/mol. The third-order valence-electron chi connectivity index (χ3n) is 2.97. The van der Waals surface area contributed by atoms with Gasteiger partial charge >= 0.3 is 0 Å². The first-order valence-electron chi connectivity index (χ1n) is 6.91. The number of nitrogens with one attached hydrogen (secondary N) is 1. The Morgan fingerprint density at radius 1 is 1.00 bits per heavy atom. The highest BCUT2D eigenvalue weighted by Gasteiger charge is 2.07. The second-order valence-electron chi connectivity index (χ2n) is 5.89. The van der Waals surface area contributed by atoms with Gasteiger partial charge in [0.2, 0.25) is 0 Å². The van der Waals surface area contributed by atoms with E-state index in [1.807, 2.05) is 6.07 Å². The van der Waals surface area contributed by atoms with Crippen LogP contribution in [-0.2, 0) is 0 Å². The van der Waals surface area contributed by atoms with Gasteiger partial charge in [0.05, 0.1) is 6.61 Å². The number of rotatable bonds is 5. The molecule has 0 aliphatic rings. The molecule has 0 spiro atoms. The summed E-state index contributed by atoms with van der Waals surface area (Å²) in [7, 11) is 0. The van der Waals surface area contributed by atoms with Gasteiger partial charge < -0.3 is 10.1 Å². The number of hydrogen-bond acceptors (Lipinski definition) is 2. The van der Waals surface area contributed by atoms with E-state index in [1.165, 1.54) is 10.8 Å². The van der Waals surface area contributed by atoms with Crippen LogP contribution in [0.3, 0.4) is 0 Å². The smallest absolute Gasteiger partial charge is 0.119 e. The van der Waals surface area contributed by atoms with Crippen LogP contribution in [0.15, 0.2) is 42.5 Å². The fourth-order valence-corrected chi connectivity index (χ4v) is 1.98. The molecular formula is C17H23NO. The first kappa shape index (κ1) is 13.9. The Hall–Kier alpha value is -1.54. The van der Waals surface area contributed by atoms with Crippen molar-refractivity contribution in [3.8, 4) is 5.75 Å². The molecule has 2 aromatic carbocycles. The lowest BCUT2D eigenvalue weighted by atomic mass is 10.1. The van der Waals surface area contributed by atoms with Crippen LogP contribution in [0, 0.1) is 0 Å². The van der Waals surface area contributed by atoms with Crippen LogP contribution < -0.4 is 10.1 Å². The standard InChI is InChI=1S/C17H23NO/c1-17(2,3)18-11-6-12-19-16-10-9-14-7-4-5-8-15(14)13-16/h4-5,7-10,13,18H,6,11-12H2,1-3H3. The molecular weight excluding hydrogens is 234 g/mol. The van der Waals surface area contributed by atoms with Crippen LogP contribution in [0.25, 0.3) is 10.8 Å². The molecule has 0 amide bonds. The molecule has 0 heterocycles. The Morgan fingerprint density at radius 3 is 2.47 bits per heavy atom. The van der Waals surface area contributed by atoms with Crippen molar-refractivity contribution in [3.05, 3.63) is 42.5 Å². The van der Waals surface area contributed by atoms with Crippen molar-refractivity contribution in [1.29, 1.82) is 0 Å². The Morgan fingerprint density at radius 2 is 1.74 bits per heavy atom. The van der Waals surface area contributed by atoms with Crippen LogP contribution in [0.4, 0.5) is 0 Å². The van der Waals surface area contributed by atoms with Crippen LogP contribution in [-0.4, -0.2) is 18.7 Å². The normalized spacial score (nSPS) is 11.7. The minimum Gasteiger partial charge on any atom is -0.494 e. The maximum absolute atomic E-state index is 5.79. The summed E-state index contributed by atoms with van der Waals surface area (Å²) < 4.78 is 5.79. The van der Waals surface area contributed by atoms with Gasteiger partial charge in [0.25, 0.3) is 0 Å². The lowest BCUT2D eigenvalue weighted by Gasteiger charge is -2.20. The molecule has 102 valence electrons. The summed E-state index contributed by atoms with van der Waals surface area (Å²) in [5, 5.41) is 5.94. The van der Waals surface area contributed by atoms with Gasteiger partial charge in [-0.3, -0.25) is 0 Å². The molecule has 2 aromatic rings. The summed E-state index contributed by atoms with van der Waals surface area (Å²) in [6, 6.07) is 14.6. The van der Waals surface area contributed by atoms with Crippen molar-refractivity contribution in [1.82, 2.24) is 5.32 Å². The fraction of sp³-hybridized carbons (Fsp3) is 0.412. The van der Waals surface area contributed by atoms with E-state index in [9.17, 15) is 0 Å². The summed E-state index contributed by atoms with van der Waals surface area (Å²) in [5.41, 5.74) is 0.183. The van der Waals surface area contributed by atoms with Gasteiger partial charge in [0.1, 0.15) is 5.75 Å². The van der Waals surface area contributed by atoms with Crippen LogP contribution >= 0.6 is 0 Å². The maximum Gasteiger partial charge on any atom is 0.119 e. The third-order valence-corrected chi connectivity index (χ3v) is 2.97. The van der Waals surface area contributed by atoms with Gasteiger partial charge in [-0.05, 0) is 56.6 Å². The molecule has 0 saturated carbocycles. The van der Waals surface area contributed by atoms with Gasteiger partial charge in [-0.1, -0.05) is 30.3 Å². The van der Waals surface area contributed by atoms with Crippen molar-refractivity contribution in [2.75, 3.05) is 13.2 Å². The molecule has 0 bridgehead atoms. The SMILES string of the molecule is CC(C)(C)NCCCOc1ccc2ccccc2c1. The van der Waals surface area contributed by atoms with Gasteiger partial charge in [0, 0.05) is 5.54 Å². The summed E-state index contributed by atoms with van der Waals surface area (Å²) in [4.78, 5) is 0. The zero-order chi connectivity index (χ0) is 13.7. The van der Waals surface area contributed by atoms with E-state index in [2.05, 4.69) is 62.5 Å². The monoisotopic (exact) mass is 257 g/mol. The van der Waals surface area contributed by atoms with E-state index in [1.54, 1.807) is 0 Å². The zero-order valence-electron chi connectivity index (χ0n) is 12.1. The molecule has 19 heavy (non-hydrogen) atoms. The Labute approximate surface area is 115 Å². The molecule has 0 atom stereocenters. The largest absolute Gasteiger partial charge is 0.494 e. The second-order valence-corrected chi connectivity index (χ2v) is 5.89. The van der Waals surface area contributed by atoms with Crippen molar-refractivity contribution >= 4 is 10.8 Å².